The van der Waals surface area contributed by atoms with Crippen LogP contribution in [-0.4, -0.2) is 63.9 Å². The first kappa shape index (κ1) is 79.7. The standard InChI is InChI=1S/C49H36O7.C29H26O4.C28H24O4/c50-43-35-20-10-21-36(43)29-38-23-12-25-40(45(38)55-48(52)33-16-6-2-7-17-33)31-42-27-13-26-41(46(42)56-49(53)34-18-8-3-9-19-34)30-39-24-11-22-37(28-35)44(39)54-47(51)32-14-4-1-5-15-32;1-17-11-24-15-22-9-3-7-20(27(22)31)13-18-5-2-6-19(26(18)30)14-21-8-4-10-23(28(21)32)16-25(12-17)29(24)33;29-25-17-5-1-6-18(25)14-20-8-3-10-22(27(20)31)16-24-12-4-11-23(28(24)32)15-21-9-2-7-19(13-17)26(21)30/h1-27,50H,28-31H2;2-12,30-33H,13-16H2,1H3;1-12,29-32H,13-16H2. The summed E-state index contributed by atoms with van der Waals surface area (Å²) in [6, 6.07) is 91.9. The van der Waals surface area contributed by atoms with Crippen molar-refractivity contribution in [3.63, 3.8) is 0 Å². The highest BCUT2D eigenvalue weighted by atomic mass is 16.5. The Morgan fingerprint density at radius 1 is 0.182 bits per heavy atom. The van der Waals surface area contributed by atoms with Crippen LogP contribution in [0.15, 0.2) is 303 Å². The first-order chi connectivity index (χ1) is 58.8. The number of para-hydroxylation sites is 11. The third kappa shape index (κ3) is 17.6. The summed E-state index contributed by atoms with van der Waals surface area (Å²) in [4.78, 5) is 41.0. The van der Waals surface area contributed by atoms with Crippen molar-refractivity contribution in [1.82, 2.24) is 0 Å². The van der Waals surface area contributed by atoms with E-state index in [0.29, 0.717) is 208 Å². The minimum Gasteiger partial charge on any atom is -0.507 e. The molecule has 0 unspecified atom stereocenters. The van der Waals surface area contributed by atoms with E-state index in [0.717, 1.165) is 16.7 Å². The fourth-order valence-corrected chi connectivity index (χ4v) is 16.4. The smallest absolute Gasteiger partial charge is 0.343 e. The predicted molar refractivity (Wildman–Crippen MR) is 465 cm³/mol. The number of fused-ring (bicyclic) bond motifs is 24. The highest BCUT2D eigenvalue weighted by Gasteiger charge is 2.28. The summed E-state index contributed by atoms with van der Waals surface area (Å²) < 4.78 is 18.8. The number of aryl methyl sites for hydroxylation is 1. The van der Waals surface area contributed by atoms with Crippen molar-refractivity contribution < 1.29 is 74.6 Å². The Morgan fingerprint density at radius 3 is 0.488 bits per heavy atom. The lowest BCUT2D eigenvalue weighted by molar-refractivity contribution is 0.0722. The van der Waals surface area contributed by atoms with E-state index in [1.165, 1.54) is 0 Å². The van der Waals surface area contributed by atoms with E-state index in [4.69, 9.17) is 14.2 Å². The summed E-state index contributed by atoms with van der Waals surface area (Å²) in [6.07, 6.45) is 3.94. The lowest BCUT2D eigenvalue weighted by Gasteiger charge is -2.21. The predicted octanol–water partition coefficient (Wildman–Crippen LogP) is 20.4. The number of carbonyl (C=O) groups is 3. The Bertz CT molecular complexity index is 5920. The minimum absolute atomic E-state index is 0.0939. The number of carbonyl (C=O) groups excluding carboxylic acids is 3. The molecule has 18 rings (SSSR count). The maximum atomic E-state index is 13.7. The second kappa shape index (κ2) is 35.4. The van der Waals surface area contributed by atoms with Gasteiger partial charge < -0.3 is 60.2 Å². The van der Waals surface area contributed by atoms with Crippen molar-refractivity contribution in [1.29, 1.82) is 0 Å². The molecule has 15 aromatic carbocycles. The molecule has 9 N–H and O–H groups in total. The fourth-order valence-electron chi connectivity index (χ4n) is 16.4. The van der Waals surface area contributed by atoms with E-state index in [1.807, 2.05) is 237 Å². The normalized spacial score (nSPS) is 12.5. The largest absolute Gasteiger partial charge is 0.507 e. The van der Waals surface area contributed by atoms with Crippen LogP contribution in [-0.2, 0) is 77.0 Å². The summed E-state index contributed by atoms with van der Waals surface area (Å²) >= 11 is 0. The summed E-state index contributed by atoms with van der Waals surface area (Å²) in [5.74, 6) is 1.04. The average Bonchev–Trinajstić information content (AvgIpc) is 0.792. The molecule has 0 amide bonds. The van der Waals surface area contributed by atoms with Crippen LogP contribution in [0.4, 0.5) is 0 Å². The Hall–Kier alpha value is -15.1. The van der Waals surface area contributed by atoms with Gasteiger partial charge in [0.05, 0.1) is 16.7 Å². The number of esters is 3. The van der Waals surface area contributed by atoms with Gasteiger partial charge in [0.15, 0.2) is 0 Å². The molecule has 15 nitrogen and oxygen atoms in total. The molecule has 0 saturated carbocycles. The second-order valence-corrected chi connectivity index (χ2v) is 30.9. The average molecular weight is 1600 g/mol. The molecule has 121 heavy (non-hydrogen) atoms. The molecule has 0 atom stereocenters. The van der Waals surface area contributed by atoms with Gasteiger partial charge in [-0.05, 0) is 177 Å². The lowest BCUT2D eigenvalue weighted by atomic mass is 9.91. The van der Waals surface area contributed by atoms with Crippen LogP contribution in [0.1, 0.15) is 170 Å². The number of hydrogen-bond acceptors (Lipinski definition) is 15. The highest BCUT2D eigenvalue weighted by molar-refractivity contribution is 5.93. The molecular weight excluding hydrogens is 1510 g/mol. The van der Waals surface area contributed by atoms with E-state index < -0.39 is 17.9 Å². The van der Waals surface area contributed by atoms with E-state index in [1.54, 1.807) is 72.8 Å². The third-order valence-corrected chi connectivity index (χ3v) is 22.8. The topological polar surface area (TPSA) is 261 Å². The van der Waals surface area contributed by atoms with Crippen molar-refractivity contribution in [3.05, 3.63) is 459 Å². The Balaban J connectivity index is 0.000000144. The van der Waals surface area contributed by atoms with E-state index in [-0.39, 0.29) is 77.4 Å². The number of hydrogen-bond donors (Lipinski definition) is 9. The molecule has 0 aromatic heterocycles. The van der Waals surface area contributed by atoms with Crippen LogP contribution < -0.4 is 14.2 Å². The van der Waals surface area contributed by atoms with Crippen molar-refractivity contribution in [2.24, 2.45) is 0 Å². The molecule has 3 aliphatic rings. The molecule has 24 bridgehead atoms. The monoisotopic (exact) mass is 1600 g/mol. The summed E-state index contributed by atoms with van der Waals surface area (Å²) in [7, 11) is 0. The summed E-state index contributed by atoms with van der Waals surface area (Å²) in [6.45, 7) is 1.98. The molecule has 0 fully saturated rings. The quantitative estimate of drug-likeness (QED) is 0.0554. The van der Waals surface area contributed by atoms with Crippen molar-refractivity contribution in [2.75, 3.05) is 0 Å². The van der Waals surface area contributed by atoms with E-state index >= 15 is 0 Å². The maximum Gasteiger partial charge on any atom is 0.343 e. The SMILES string of the molecule is Cc1cc2c(O)c(c1)Cc1cccc(c1O)Cc1cccc(c1O)Cc1cccc(c1O)C2.O=C(Oc1c2cccc1Cc1cccc(c1OC(=O)c1ccccc1)Cc1cccc(c1OC(=O)c1ccccc1)Cc1cccc(c1O)C2)c1ccccc1.Oc1c2cccc1Cc1cccc(c1O)Cc1cccc(c1O)Cc1cccc(c1O)C2. The molecule has 0 radical (unpaired) electrons. The molecule has 15 heteroatoms. The van der Waals surface area contributed by atoms with Crippen molar-refractivity contribution in [3.8, 4) is 69.0 Å². The van der Waals surface area contributed by atoms with Gasteiger partial charge in [0.25, 0.3) is 0 Å². The van der Waals surface area contributed by atoms with Gasteiger partial charge >= 0.3 is 17.9 Å². The van der Waals surface area contributed by atoms with Gasteiger partial charge in [-0.1, -0.05) is 272 Å². The van der Waals surface area contributed by atoms with Crippen molar-refractivity contribution in [2.45, 2.75) is 84.0 Å². The van der Waals surface area contributed by atoms with Gasteiger partial charge in [0.1, 0.15) is 69.0 Å². The Kier molecular flexibility index (Phi) is 23.3. The zero-order valence-corrected chi connectivity index (χ0v) is 66.3. The van der Waals surface area contributed by atoms with Gasteiger partial charge in [-0.2, -0.15) is 0 Å². The maximum absolute atomic E-state index is 13.7. The van der Waals surface area contributed by atoms with Gasteiger partial charge in [-0.3, -0.25) is 0 Å². The number of phenols is 9. The van der Waals surface area contributed by atoms with Crippen molar-refractivity contribution >= 4 is 17.9 Å². The van der Waals surface area contributed by atoms with Crippen LogP contribution >= 0.6 is 0 Å². The van der Waals surface area contributed by atoms with Crippen LogP contribution in [0, 0.1) is 6.92 Å². The van der Waals surface area contributed by atoms with E-state index in [9.17, 15) is 60.3 Å². The fraction of sp³-hybridized carbons (Fsp3) is 0.123. The molecule has 0 saturated heterocycles. The number of ether oxygens (including phenoxy) is 3. The van der Waals surface area contributed by atoms with Crippen LogP contribution in [0.25, 0.3) is 0 Å². The van der Waals surface area contributed by atoms with Gasteiger partial charge in [-0.25, -0.2) is 14.4 Å². The van der Waals surface area contributed by atoms with Gasteiger partial charge in [0, 0.05) is 77.0 Å². The second-order valence-electron chi connectivity index (χ2n) is 30.9. The van der Waals surface area contributed by atoms with Crippen LogP contribution in [0.2, 0.25) is 0 Å². The zero-order chi connectivity index (χ0) is 83.8. The van der Waals surface area contributed by atoms with Crippen LogP contribution in [0.3, 0.4) is 0 Å². The number of phenolic OH excluding ortho intramolecular Hbond substituents is 9. The highest BCUT2D eigenvalue weighted by Crippen LogP contribution is 2.44. The molecular formula is C106H86O15. The lowest BCUT2D eigenvalue weighted by Crippen LogP contribution is -2.14. The van der Waals surface area contributed by atoms with Gasteiger partial charge in [-0.15, -0.1) is 0 Å². The Morgan fingerprint density at radius 2 is 0.314 bits per heavy atom. The molecule has 600 valence electrons. The molecule has 0 heterocycles. The van der Waals surface area contributed by atoms with Gasteiger partial charge in [0.2, 0.25) is 0 Å². The summed E-state index contributed by atoms with van der Waals surface area (Å²) in [5.41, 5.74) is 18.9. The third-order valence-electron chi connectivity index (χ3n) is 22.8. The number of benzene rings is 15. The summed E-state index contributed by atoms with van der Waals surface area (Å²) in [5, 5.41) is 99.7. The first-order valence-corrected chi connectivity index (χ1v) is 40.2. The minimum atomic E-state index is -0.531. The number of rotatable bonds is 6. The van der Waals surface area contributed by atoms with Crippen LogP contribution in [0.5, 0.6) is 69.0 Å². The molecule has 15 aromatic rings. The number of aromatic hydroxyl groups is 9. The molecule has 0 spiro atoms. The first-order valence-electron chi connectivity index (χ1n) is 40.2. The zero-order valence-electron chi connectivity index (χ0n) is 66.3. The molecule has 0 aliphatic heterocycles. The molecule has 3 aliphatic carbocycles. The Labute approximate surface area is 700 Å². The van der Waals surface area contributed by atoms with E-state index in [2.05, 4.69) is 0 Å².